The number of phosphoric acid groups is 1. The van der Waals surface area contributed by atoms with Crippen LogP contribution in [0.2, 0.25) is 0 Å². The Morgan fingerprint density at radius 1 is 1.13 bits per heavy atom. The highest BCUT2D eigenvalue weighted by molar-refractivity contribution is 7.91. The van der Waals surface area contributed by atoms with E-state index >= 15 is 0 Å². The highest BCUT2D eigenvalue weighted by atomic mass is 32.2. The Hall–Kier alpha value is -1.77. The van der Waals surface area contributed by atoms with Gasteiger partial charge in [0.05, 0.1) is 18.1 Å². The third-order valence-corrected chi connectivity index (χ3v) is 7.90. The highest BCUT2D eigenvalue weighted by Gasteiger charge is 2.27. The molecule has 2 aromatic rings. The molecule has 3 rings (SSSR count). The van der Waals surface area contributed by atoms with Crippen LogP contribution < -0.4 is 5.32 Å². The molecule has 1 aliphatic carbocycles. The van der Waals surface area contributed by atoms with E-state index in [1.54, 1.807) is 12.1 Å². The topological polar surface area (TPSA) is 130 Å². The smallest absolute Gasteiger partial charge is 0.348 e. The molecule has 0 bridgehead atoms. The lowest BCUT2D eigenvalue weighted by atomic mass is 10.1. The molecule has 1 aliphatic rings. The molecule has 0 aliphatic heterocycles. The summed E-state index contributed by atoms with van der Waals surface area (Å²) in [6.45, 7) is -0.369. The van der Waals surface area contributed by atoms with Gasteiger partial charge < -0.3 is 15.1 Å². The molecule has 8 nitrogen and oxygen atoms in total. The van der Waals surface area contributed by atoms with Crippen molar-refractivity contribution in [2.45, 2.75) is 38.1 Å². The fourth-order valence-corrected chi connectivity index (χ4v) is 6.41. The summed E-state index contributed by atoms with van der Waals surface area (Å²) in [4.78, 5) is 30.6. The third-order valence-electron chi connectivity index (χ3n) is 5.49. The first-order valence-electron chi connectivity index (χ1n) is 10.3. The first-order chi connectivity index (χ1) is 14.6. The number of sulfone groups is 1. The van der Waals surface area contributed by atoms with Crippen LogP contribution in [0.25, 0.3) is 10.8 Å². The van der Waals surface area contributed by atoms with Crippen LogP contribution in [-0.2, 0) is 18.9 Å². The molecule has 1 atom stereocenters. The van der Waals surface area contributed by atoms with Gasteiger partial charge in [0.25, 0.3) is 5.91 Å². The van der Waals surface area contributed by atoms with Crippen LogP contribution in [0.5, 0.6) is 0 Å². The number of hydrogen-bond acceptors (Lipinski definition) is 5. The molecule has 1 unspecified atom stereocenters. The van der Waals surface area contributed by atoms with E-state index < -0.39 is 29.6 Å². The van der Waals surface area contributed by atoms with Crippen LogP contribution in [0.3, 0.4) is 0 Å². The maximum Gasteiger partial charge on any atom is 0.469 e. The first-order valence-corrected chi connectivity index (χ1v) is 13.7. The number of nitrogens with one attached hydrogen (secondary N) is 1. The largest absolute Gasteiger partial charge is 0.469 e. The molecule has 170 valence electrons. The van der Waals surface area contributed by atoms with Crippen molar-refractivity contribution in [3.05, 3.63) is 48.0 Å². The number of hydrogen-bond donors (Lipinski definition) is 3. The zero-order chi connectivity index (χ0) is 22.5. The Balaban J connectivity index is 1.70. The molecule has 0 heterocycles. The number of rotatable bonds is 10. The van der Waals surface area contributed by atoms with Gasteiger partial charge in [-0.1, -0.05) is 43.2 Å². The second-order valence-electron chi connectivity index (χ2n) is 8.07. The van der Waals surface area contributed by atoms with Crippen molar-refractivity contribution in [3.63, 3.8) is 0 Å². The molecule has 0 aromatic heterocycles. The molecular formula is C21H28NO7PS. The van der Waals surface area contributed by atoms with Gasteiger partial charge in [0.2, 0.25) is 0 Å². The van der Waals surface area contributed by atoms with Gasteiger partial charge >= 0.3 is 7.82 Å². The Kier molecular flexibility index (Phi) is 7.88. The SMILES string of the molecule is O=C(NC(CCOP(=O)(O)O)CS(=O)(=O)CC1CCCC1)c1ccc2ccccc2c1. The lowest BCUT2D eigenvalue weighted by Gasteiger charge is -2.20. The van der Waals surface area contributed by atoms with Gasteiger partial charge in [-0.15, -0.1) is 0 Å². The van der Waals surface area contributed by atoms with Crippen LogP contribution in [0.4, 0.5) is 0 Å². The van der Waals surface area contributed by atoms with E-state index in [2.05, 4.69) is 9.84 Å². The molecule has 1 saturated carbocycles. The summed E-state index contributed by atoms with van der Waals surface area (Å²) in [5.41, 5.74) is 0.382. The Labute approximate surface area is 182 Å². The fraction of sp³-hybridized carbons (Fsp3) is 0.476. The zero-order valence-electron chi connectivity index (χ0n) is 17.1. The van der Waals surface area contributed by atoms with Crippen molar-refractivity contribution in [2.75, 3.05) is 18.1 Å². The molecule has 0 radical (unpaired) electrons. The van der Waals surface area contributed by atoms with Gasteiger partial charge in [0, 0.05) is 11.6 Å². The van der Waals surface area contributed by atoms with E-state index in [1.807, 2.05) is 30.3 Å². The average Bonchev–Trinajstić information content (AvgIpc) is 3.18. The molecule has 2 aromatic carbocycles. The summed E-state index contributed by atoms with van der Waals surface area (Å²) in [5, 5.41) is 4.57. The summed E-state index contributed by atoms with van der Waals surface area (Å²) in [7, 11) is -8.14. The van der Waals surface area contributed by atoms with Crippen LogP contribution >= 0.6 is 7.82 Å². The highest BCUT2D eigenvalue weighted by Crippen LogP contribution is 2.35. The van der Waals surface area contributed by atoms with Crippen LogP contribution in [0.1, 0.15) is 42.5 Å². The third kappa shape index (κ3) is 7.70. The second kappa shape index (κ2) is 10.2. The lowest BCUT2D eigenvalue weighted by Crippen LogP contribution is -2.41. The minimum atomic E-state index is -4.68. The van der Waals surface area contributed by atoms with Gasteiger partial charge in [-0.25, -0.2) is 13.0 Å². The van der Waals surface area contributed by atoms with Gasteiger partial charge in [0.1, 0.15) is 0 Å². The first kappa shape index (κ1) is 23.9. The average molecular weight is 469 g/mol. The molecular weight excluding hydrogens is 441 g/mol. The van der Waals surface area contributed by atoms with E-state index in [1.165, 1.54) is 0 Å². The van der Waals surface area contributed by atoms with E-state index in [9.17, 15) is 17.8 Å². The number of carbonyl (C=O) groups excluding carboxylic acids is 1. The molecule has 10 heteroatoms. The maximum absolute atomic E-state index is 12.8. The summed E-state index contributed by atoms with van der Waals surface area (Å²) < 4.78 is 40.8. The van der Waals surface area contributed by atoms with Crippen LogP contribution in [0.15, 0.2) is 42.5 Å². The van der Waals surface area contributed by atoms with Crippen LogP contribution in [0, 0.1) is 5.92 Å². The predicted molar refractivity (Wildman–Crippen MR) is 118 cm³/mol. The summed E-state index contributed by atoms with van der Waals surface area (Å²) in [5.74, 6) is -0.543. The zero-order valence-corrected chi connectivity index (χ0v) is 18.9. The van der Waals surface area contributed by atoms with E-state index in [-0.39, 0.29) is 30.5 Å². The Bertz CT molecular complexity index is 1060. The number of benzene rings is 2. The number of phosphoric ester groups is 1. The van der Waals surface area contributed by atoms with Crippen molar-refractivity contribution < 1.29 is 32.1 Å². The van der Waals surface area contributed by atoms with Crippen LogP contribution in [-0.4, -0.2) is 48.3 Å². The molecule has 0 saturated heterocycles. The predicted octanol–water partition coefficient (Wildman–Crippen LogP) is 3.04. The van der Waals surface area contributed by atoms with Gasteiger partial charge in [-0.05, 0) is 48.1 Å². The van der Waals surface area contributed by atoms with Gasteiger partial charge in [-0.2, -0.15) is 0 Å². The molecule has 3 N–H and O–H groups in total. The Morgan fingerprint density at radius 2 is 1.81 bits per heavy atom. The fourth-order valence-electron chi connectivity index (χ4n) is 4.02. The van der Waals surface area contributed by atoms with Crippen molar-refractivity contribution in [2.24, 2.45) is 5.92 Å². The minimum absolute atomic E-state index is 0.0334. The van der Waals surface area contributed by atoms with E-state index in [4.69, 9.17) is 9.79 Å². The van der Waals surface area contributed by atoms with Gasteiger partial charge in [-0.3, -0.25) is 9.32 Å². The molecule has 31 heavy (non-hydrogen) atoms. The minimum Gasteiger partial charge on any atom is -0.348 e. The Morgan fingerprint density at radius 3 is 2.48 bits per heavy atom. The molecule has 0 spiro atoms. The summed E-state index contributed by atoms with van der Waals surface area (Å²) in [6.07, 6.45) is 3.79. The normalized spacial score (nSPS) is 16.5. The van der Waals surface area contributed by atoms with Crippen molar-refractivity contribution in [3.8, 4) is 0 Å². The quantitative estimate of drug-likeness (QED) is 0.456. The number of fused-ring (bicyclic) bond motifs is 1. The van der Waals surface area contributed by atoms with Crippen molar-refractivity contribution >= 4 is 34.3 Å². The van der Waals surface area contributed by atoms with E-state index in [0.29, 0.717) is 5.56 Å². The number of amides is 1. The summed E-state index contributed by atoms with van der Waals surface area (Å²) >= 11 is 0. The monoisotopic (exact) mass is 469 g/mol. The molecule has 1 fully saturated rings. The lowest BCUT2D eigenvalue weighted by molar-refractivity contribution is 0.0935. The standard InChI is InChI=1S/C21H28NO7PS/c23-21(19-10-9-17-7-3-4-8-18(17)13-19)22-20(11-12-29-30(24,25)26)15-31(27,28)14-16-5-1-2-6-16/h3-4,7-10,13,16,20H,1-2,5-6,11-12,14-15H2,(H,22,23)(H2,24,25,26). The second-order valence-corrected chi connectivity index (χ2v) is 11.5. The van der Waals surface area contributed by atoms with Crippen molar-refractivity contribution in [1.29, 1.82) is 0 Å². The van der Waals surface area contributed by atoms with Gasteiger partial charge in [0.15, 0.2) is 9.84 Å². The van der Waals surface area contributed by atoms with E-state index in [0.717, 1.165) is 36.5 Å². The maximum atomic E-state index is 12.8. The number of carbonyl (C=O) groups is 1. The molecule has 1 amide bonds. The van der Waals surface area contributed by atoms with Crippen molar-refractivity contribution in [1.82, 2.24) is 5.32 Å². The summed E-state index contributed by atoms with van der Waals surface area (Å²) in [6, 6.07) is 11.9.